The minimum atomic E-state index is -0.927. The number of fused-ring (bicyclic) bond motifs is 1. The molecule has 170 valence electrons. The molecule has 3 fully saturated rings. The minimum absolute atomic E-state index is 0.126. The van der Waals surface area contributed by atoms with Crippen LogP contribution < -0.4 is 10.2 Å². The fraction of sp³-hybridized carbons (Fsp3) is 0.583. The van der Waals surface area contributed by atoms with E-state index < -0.39 is 23.8 Å². The molecule has 4 aliphatic heterocycles. The van der Waals surface area contributed by atoms with Gasteiger partial charge in [-0.25, -0.2) is 0 Å². The van der Waals surface area contributed by atoms with Gasteiger partial charge in [-0.3, -0.25) is 29.4 Å². The summed E-state index contributed by atoms with van der Waals surface area (Å²) in [5, 5.41) is 2.25. The van der Waals surface area contributed by atoms with Crippen LogP contribution in [0.3, 0.4) is 0 Å². The third kappa shape index (κ3) is 3.81. The van der Waals surface area contributed by atoms with Crippen LogP contribution in [0.5, 0.6) is 0 Å². The summed E-state index contributed by atoms with van der Waals surface area (Å²) in [6.07, 6.45) is 6.47. The molecule has 0 aromatic heterocycles. The Bertz CT molecular complexity index is 955. The summed E-state index contributed by atoms with van der Waals surface area (Å²) in [6.45, 7) is 5.28. The topological polar surface area (TPSA) is 90.0 Å². The molecule has 4 heterocycles. The normalized spacial score (nSPS) is 26.6. The number of carbonyl (C=O) groups is 4. The summed E-state index contributed by atoms with van der Waals surface area (Å²) in [5.74, 6) is -1.23. The van der Waals surface area contributed by atoms with E-state index in [0.717, 1.165) is 43.1 Å². The zero-order valence-corrected chi connectivity index (χ0v) is 18.3. The molecule has 8 heteroatoms. The van der Waals surface area contributed by atoms with Gasteiger partial charge in [-0.15, -0.1) is 0 Å². The van der Waals surface area contributed by atoms with Gasteiger partial charge in [0.25, 0.3) is 11.8 Å². The van der Waals surface area contributed by atoms with Gasteiger partial charge in [-0.05, 0) is 69.8 Å². The molecule has 1 aromatic carbocycles. The zero-order valence-electron chi connectivity index (χ0n) is 18.3. The number of piperidine rings is 2. The Balaban J connectivity index is 1.30. The van der Waals surface area contributed by atoms with E-state index in [2.05, 4.69) is 15.1 Å². The SMILES string of the molecule is O=C1CCC(N2C(=O)c3cccc(N4CCC(CCN5CCCCC5)C4)c3C2=O)C(=O)N1. The lowest BCUT2D eigenvalue weighted by Crippen LogP contribution is -2.54. The van der Waals surface area contributed by atoms with Crippen molar-refractivity contribution >= 4 is 29.3 Å². The number of hydrogen-bond acceptors (Lipinski definition) is 6. The molecule has 0 bridgehead atoms. The number of amides is 4. The molecule has 0 aliphatic carbocycles. The maximum Gasteiger partial charge on any atom is 0.264 e. The molecule has 0 radical (unpaired) electrons. The van der Waals surface area contributed by atoms with Gasteiger partial charge in [-0.1, -0.05) is 12.5 Å². The van der Waals surface area contributed by atoms with Crippen molar-refractivity contribution in [3.63, 3.8) is 0 Å². The van der Waals surface area contributed by atoms with Gasteiger partial charge >= 0.3 is 0 Å². The van der Waals surface area contributed by atoms with Crippen molar-refractivity contribution in [1.29, 1.82) is 0 Å². The highest BCUT2D eigenvalue weighted by Crippen LogP contribution is 2.36. The number of nitrogens with zero attached hydrogens (tertiary/aromatic N) is 3. The Morgan fingerprint density at radius 3 is 2.53 bits per heavy atom. The summed E-state index contributed by atoms with van der Waals surface area (Å²) < 4.78 is 0. The third-order valence-corrected chi connectivity index (χ3v) is 7.37. The van der Waals surface area contributed by atoms with Crippen molar-refractivity contribution in [3.05, 3.63) is 29.3 Å². The largest absolute Gasteiger partial charge is 0.371 e. The van der Waals surface area contributed by atoms with E-state index in [0.29, 0.717) is 17.0 Å². The van der Waals surface area contributed by atoms with Gasteiger partial charge in [0.15, 0.2) is 0 Å². The molecule has 0 saturated carbocycles. The van der Waals surface area contributed by atoms with E-state index >= 15 is 0 Å². The van der Waals surface area contributed by atoms with E-state index in [9.17, 15) is 19.2 Å². The molecule has 2 unspecified atom stereocenters. The summed E-state index contributed by atoms with van der Waals surface area (Å²) in [7, 11) is 0. The average molecular weight is 439 g/mol. The highest BCUT2D eigenvalue weighted by Gasteiger charge is 2.46. The minimum Gasteiger partial charge on any atom is -0.371 e. The van der Waals surface area contributed by atoms with Crippen LogP contribution in [0, 0.1) is 5.92 Å². The van der Waals surface area contributed by atoms with Crippen LogP contribution >= 0.6 is 0 Å². The van der Waals surface area contributed by atoms with Crippen molar-refractivity contribution in [3.8, 4) is 0 Å². The summed E-state index contributed by atoms with van der Waals surface area (Å²) in [4.78, 5) is 56.1. The van der Waals surface area contributed by atoms with Crippen LogP contribution in [0.15, 0.2) is 18.2 Å². The van der Waals surface area contributed by atoms with Gasteiger partial charge in [0.1, 0.15) is 6.04 Å². The Labute approximate surface area is 187 Å². The molecule has 0 spiro atoms. The van der Waals surface area contributed by atoms with Crippen LogP contribution in [0.2, 0.25) is 0 Å². The van der Waals surface area contributed by atoms with Gasteiger partial charge in [0.05, 0.1) is 16.8 Å². The van der Waals surface area contributed by atoms with E-state index in [4.69, 9.17) is 0 Å². The number of rotatable bonds is 5. The van der Waals surface area contributed by atoms with Crippen molar-refractivity contribution in [1.82, 2.24) is 15.1 Å². The molecule has 4 aliphatic rings. The van der Waals surface area contributed by atoms with Crippen molar-refractivity contribution in [2.24, 2.45) is 5.92 Å². The van der Waals surface area contributed by atoms with E-state index in [-0.39, 0.29) is 18.7 Å². The second kappa shape index (κ2) is 8.65. The van der Waals surface area contributed by atoms with Gasteiger partial charge in [0, 0.05) is 19.5 Å². The number of hydrogen-bond donors (Lipinski definition) is 1. The number of imide groups is 2. The van der Waals surface area contributed by atoms with Crippen LogP contribution in [0.1, 0.15) is 65.7 Å². The molecule has 1 aromatic rings. The molecule has 4 amide bonds. The van der Waals surface area contributed by atoms with Crippen molar-refractivity contribution in [2.45, 2.75) is 51.0 Å². The summed E-state index contributed by atoms with van der Waals surface area (Å²) in [6, 6.07) is 4.46. The van der Waals surface area contributed by atoms with E-state index in [1.807, 2.05) is 12.1 Å². The molecule has 3 saturated heterocycles. The van der Waals surface area contributed by atoms with Crippen LogP contribution in [-0.4, -0.2) is 72.2 Å². The summed E-state index contributed by atoms with van der Waals surface area (Å²) in [5.41, 5.74) is 1.55. The maximum atomic E-state index is 13.3. The van der Waals surface area contributed by atoms with E-state index in [1.165, 1.54) is 32.4 Å². The lowest BCUT2D eigenvalue weighted by Gasteiger charge is -2.28. The number of carbonyl (C=O) groups excluding carboxylic acids is 4. The molecular weight excluding hydrogens is 408 g/mol. The lowest BCUT2D eigenvalue weighted by atomic mass is 10.0. The van der Waals surface area contributed by atoms with Gasteiger partial charge in [-0.2, -0.15) is 0 Å². The highest BCUT2D eigenvalue weighted by atomic mass is 16.2. The Hall–Kier alpha value is -2.74. The number of anilines is 1. The second-order valence-electron chi connectivity index (χ2n) is 9.44. The first-order chi connectivity index (χ1) is 15.5. The first kappa shape index (κ1) is 21.1. The second-order valence-corrected chi connectivity index (χ2v) is 9.44. The number of likely N-dealkylation sites (tertiary alicyclic amines) is 1. The smallest absolute Gasteiger partial charge is 0.264 e. The predicted octanol–water partition coefficient (Wildman–Crippen LogP) is 1.79. The number of benzene rings is 1. The molecule has 1 N–H and O–H groups in total. The van der Waals surface area contributed by atoms with Crippen molar-refractivity contribution < 1.29 is 19.2 Å². The van der Waals surface area contributed by atoms with E-state index in [1.54, 1.807) is 6.07 Å². The fourth-order valence-corrected chi connectivity index (χ4v) is 5.60. The lowest BCUT2D eigenvalue weighted by molar-refractivity contribution is -0.136. The van der Waals surface area contributed by atoms with Gasteiger partial charge in [0.2, 0.25) is 11.8 Å². The molecule has 8 nitrogen and oxygen atoms in total. The molecular formula is C24H30N4O4. The molecule has 2 atom stereocenters. The Kier molecular flexibility index (Phi) is 5.71. The molecule has 5 rings (SSSR count). The standard InChI is InChI=1S/C24H30N4O4/c29-20-8-7-19(22(30)25-20)28-23(31)17-5-4-6-18(21(17)24(28)32)27-14-10-16(15-27)9-13-26-11-2-1-3-12-26/h4-6,16,19H,1-3,7-15H2,(H,25,29,30). The quantitative estimate of drug-likeness (QED) is 0.705. The number of nitrogens with one attached hydrogen (secondary N) is 1. The van der Waals surface area contributed by atoms with Crippen LogP contribution in [0.4, 0.5) is 5.69 Å². The maximum absolute atomic E-state index is 13.3. The molecule has 32 heavy (non-hydrogen) atoms. The first-order valence-corrected chi connectivity index (χ1v) is 11.8. The average Bonchev–Trinajstić information content (AvgIpc) is 3.37. The zero-order chi connectivity index (χ0) is 22.2. The Morgan fingerprint density at radius 2 is 1.75 bits per heavy atom. The Morgan fingerprint density at radius 1 is 0.938 bits per heavy atom. The van der Waals surface area contributed by atoms with Crippen LogP contribution in [-0.2, 0) is 9.59 Å². The van der Waals surface area contributed by atoms with Crippen LogP contribution in [0.25, 0.3) is 0 Å². The monoisotopic (exact) mass is 438 g/mol. The fourth-order valence-electron chi connectivity index (χ4n) is 5.60. The summed E-state index contributed by atoms with van der Waals surface area (Å²) >= 11 is 0. The van der Waals surface area contributed by atoms with Gasteiger partial charge < -0.3 is 9.80 Å². The highest BCUT2D eigenvalue weighted by molar-refractivity contribution is 6.25. The third-order valence-electron chi connectivity index (χ3n) is 7.37. The predicted molar refractivity (Wildman–Crippen MR) is 118 cm³/mol. The first-order valence-electron chi connectivity index (χ1n) is 11.8. The van der Waals surface area contributed by atoms with Crippen molar-refractivity contribution in [2.75, 3.05) is 37.6 Å².